The van der Waals surface area contributed by atoms with Crippen LogP contribution < -0.4 is 0 Å². The second-order valence-electron chi connectivity index (χ2n) is 17.3. The number of hydrogen-bond acceptors (Lipinski definition) is 6. The van der Waals surface area contributed by atoms with Crippen molar-refractivity contribution in [3.05, 3.63) is 0 Å². The number of rotatable bonds is 42. The van der Waals surface area contributed by atoms with Gasteiger partial charge in [0.2, 0.25) is 0 Å². The molecule has 0 fully saturated rings. The Hall–Kier alpha value is -1.59. The smallest absolute Gasteiger partial charge is 0.306 e. The summed E-state index contributed by atoms with van der Waals surface area (Å²) in [6.45, 7) is 11.3. The van der Waals surface area contributed by atoms with Crippen LogP contribution in [0.2, 0.25) is 0 Å². The maximum Gasteiger partial charge on any atom is 0.306 e. The Balaban J connectivity index is 4.23. The Morgan fingerprint density at radius 3 is 0.907 bits per heavy atom. The normalized spacial score (nSPS) is 12.1. The van der Waals surface area contributed by atoms with Gasteiger partial charge in [0, 0.05) is 19.3 Å². The summed E-state index contributed by atoms with van der Waals surface area (Å²) < 4.78 is 16.7. The molecule has 6 heteroatoms. The van der Waals surface area contributed by atoms with E-state index in [1.165, 1.54) is 148 Å². The predicted molar refractivity (Wildman–Crippen MR) is 229 cm³/mol. The third-order valence-electron chi connectivity index (χ3n) is 10.7. The fourth-order valence-corrected chi connectivity index (χ4v) is 7.11. The van der Waals surface area contributed by atoms with Crippen LogP contribution in [0.4, 0.5) is 0 Å². The van der Waals surface area contributed by atoms with Crippen molar-refractivity contribution in [3.63, 3.8) is 0 Å². The first kappa shape index (κ1) is 52.4. The topological polar surface area (TPSA) is 78.9 Å². The average molecular weight is 765 g/mol. The fourth-order valence-electron chi connectivity index (χ4n) is 7.11. The summed E-state index contributed by atoms with van der Waals surface area (Å²) in [5, 5.41) is 0. The molecule has 0 aromatic carbocycles. The van der Waals surface area contributed by atoms with Crippen molar-refractivity contribution in [3.8, 4) is 0 Å². The van der Waals surface area contributed by atoms with Crippen molar-refractivity contribution >= 4 is 17.9 Å². The first-order valence-corrected chi connectivity index (χ1v) is 23.7. The Morgan fingerprint density at radius 1 is 0.352 bits per heavy atom. The highest BCUT2D eigenvalue weighted by Gasteiger charge is 2.19. The van der Waals surface area contributed by atoms with E-state index in [0.717, 1.165) is 69.6 Å². The molecule has 0 saturated carbocycles. The molecular formula is C48H92O6. The van der Waals surface area contributed by atoms with Crippen LogP contribution in [0.25, 0.3) is 0 Å². The van der Waals surface area contributed by atoms with Crippen LogP contribution in [0.3, 0.4) is 0 Å². The number of esters is 3. The number of unbranched alkanes of at least 4 members (excludes halogenated alkanes) is 27. The van der Waals surface area contributed by atoms with Crippen molar-refractivity contribution in [2.24, 2.45) is 11.8 Å². The fraction of sp³-hybridized carbons (Fsp3) is 0.938. The summed E-state index contributed by atoms with van der Waals surface area (Å²) in [5.41, 5.74) is 0. The molecule has 0 unspecified atom stereocenters. The highest BCUT2D eigenvalue weighted by molar-refractivity contribution is 5.71. The van der Waals surface area contributed by atoms with Gasteiger partial charge in [0.05, 0.1) is 0 Å². The number of hydrogen-bond donors (Lipinski definition) is 0. The third kappa shape index (κ3) is 41.6. The largest absolute Gasteiger partial charge is 0.462 e. The Morgan fingerprint density at radius 2 is 0.611 bits per heavy atom. The predicted octanol–water partition coefficient (Wildman–Crippen LogP) is 15.0. The molecule has 0 aromatic heterocycles. The van der Waals surface area contributed by atoms with Gasteiger partial charge in [-0.3, -0.25) is 14.4 Å². The van der Waals surface area contributed by atoms with Crippen molar-refractivity contribution in [2.45, 2.75) is 265 Å². The lowest BCUT2D eigenvalue weighted by atomic mass is 10.0. The van der Waals surface area contributed by atoms with Crippen LogP contribution >= 0.6 is 0 Å². The molecule has 0 aliphatic heterocycles. The number of ether oxygens (including phenoxy) is 3. The van der Waals surface area contributed by atoms with Gasteiger partial charge in [-0.25, -0.2) is 0 Å². The zero-order chi connectivity index (χ0) is 39.7. The number of carbonyl (C=O) groups is 3. The average Bonchev–Trinajstić information content (AvgIpc) is 3.14. The standard InChI is InChI=1S/C48H92O6/c1-6-7-8-9-10-11-19-22-28-33-38-46(49)52-41-45(54-48(51)40-35-30-25-24-27-32-37-44(4)5)42-53-47(50)39-34-29-23-20-17-15-13-12-14-16-18-21-26-31-36-43(2)3/h43-45H,6-42H2,1-5H3/t45-/m1/s1. The van der Waals surface area contributed by atoms with Crippen LogP contribution in [-0.4, -0.2) is 37.2 Å². The molecular weight excluding hydrogens is 673 g/mol. The van der Waals surface area contributed by atoms with E-state index < -0.39 is 6.10 Å². The highest BCUT2D eigenvalue weighted by atomic mass is 16.6. The van der Waals surface area contributed by atoms with Gasteiger partial charge >= 0.3 is 17.9 Å². The van der Waals surface area contributed by atoms with Gasteiger partial charge in [0.1, 0.15) is 13.2 Å². The quantitative estimate of drug-likeness (QED) is 0.0350. The Labute approximate surface area is 336 Å². The van der Waals surface area contributed by atoms with Crippen LogP contribution in [-0.2, 0) is 28.6 Å². The molecule has 0 bridgehead atoms. The summed E-state index contributed by atoms with van der Waals surface area (Å²) in [6.07, 6.45) is 39.6. The lowest BCUT2D eigenvalue weighted by Crippen LogP contribution is -2.30. The second kappa shape index (κ2) is 41.1. The zero-order valence-electron chi connectivity index (χ0n) is 36.8. The van der Waals surface area contributed by atoms with Gasteiger partial charge in [-0.15, -0.1) is 0 Å². The molecule has 1 atom stereocenters. The van der Waals surface area contributed by atoms with E-state index in [1.54, 1.807) is 0 Å². The monoisotopic (exact) mass is 765 g/mol. The minimum atomic E-state index is -0.760. The van der Waals surface area contributed by atoms with Crippen LogP contribution in [0.15, 0.2) is 0 Å². The molecule has 54 heavy (non-hydrogen) atoms. The van der Waals surface area contributed by atoms with E-state index in [1.807, 2.05) is 0 Å². The van der Waals surface area contributed by atoms with E-state index in [2.05, 4.69) is 34.6 Å². The molecule has 0 aliphatic rings. The molecule has 0 saturated heterocycles. The van der Waals surface area contributed by atoms with Gasteiger partial charge in [0.25, 0.3) is 0 Å². The molecule has 0 heterocycles. The summed E-state index contributed by atoms with van der Waals surface area (Å²) in [5.74, 6) is 0.743. The molecule has 0 aliphatic carbocycles. The third-order valence-corrected chi connectivity index (χ3v) is 10.7. The lowest BCUT2D eigenvalue weighted by molar-refractivity contribution is -0.167. The zero-order valence-corrected chi connectivity index (χ0v) is 36.8. The first-order chi connectivity index (χ1) is 26.2. The van der Waals surface area contributed by atoms with Crippen molar-refractivity contribution in [2.75, 3.05) is 13.2 Å². The molecule has 0 radical (unpaired) electrons. The first-order valence-electron chi connectivity index (χ1n) is 23.7. The minimum absolute atomic E-state index is 0.0654. The molecule has 0 amide bonds. The Bertz CT molecular complexity index is 824. The van der Waals surface area contributed by atoms with Crippen molar-refractivity contribution in [1.82, 2.24) is 0 Å². The van der Waals surface area contributed by atoms with Crippen molar-refractivity contribution < 1.29 is 28.6 Å². The van der Waals surface area contributed by atoms with Crippen LogP contribution in [0, 0.1) is 11.8 Å². The second-order valence-corrected chi connectivity index (χ2v) is 17.3. The van der Waals surface area contributed by atoms with E-state index >= 15 is 0 Å². The van der Waals surface area contributed by atoms with Gasteiger partial charge in [-0.05, 0) is 31.1 Å². The summed E-state index contributed by atoms with van der Waals surface area (Å²) >= 11 is 0. The minimum Gasteiger partial charge on any atom is -0.462 e. The highest BCUT2D eigenvalue weighted by Crippen LogP contribution is 2.17. The maximum atomic E-state index is 12.7. The van der Waals surface area contributed by atoms with Crippen LogP contribution in [0.1, 0.15) is 259 Å². The van der Waals surface area contributed by atoms with Gasteiger partial charge < -0.3 is 14.2 Å². The summed E-state index contributed by atoms with van der Waals surface area (Å²) in [4.78, 5) is 37.7. The van der Waals surface area contributed by atoms with Crippen molar-refractivity contribution in [1.29, 1.82) is 0 Å². The molecule has 6 nitrogen and oxygen atoms in total. The maximum absolute atomic E-state index is 12.7. The van der Waals surface area contributed by atoms with E-state index in [-0.39, 0.29) is 31.1 Å². The van der Waals surface area contributed by atoms with E-state index in [4.69, 9.17) is 14.2 Å². The summed E-state index contributed by atoms with van der Waals surface area (Å²) in [7, 11) is 0. The van der Waals surface area contributed by atoms with Gasteiger partial charge in [-0.2, -0.15) is 0 Å². The molecule has 0 aromatic rings. The van der Waals surface area contributed by atoms with Crippen LogP contribution in [0.5, 0.6) is 0 Å². The summed E-state index contributed by atoms with van der Waals surface area (Å²) in [6, 6.07) is 0. The molecule has 320 valence electrons. The Kier molecular flexibility index (Phi) is 39.8. The van der Waals surface area contributed by atoms with E-state index in [9.17, 15) is 14.4 Å². The lowest BCUT2D eigenvalue weighted by Gasteiger charge is -2.18. The van der Waals surface area contributed by atoms with E-state index in [0.29, 0.717) is 19.3 Å². The molecule has 0 rings (SSSR count). The molecule has 0 N–H and O–H groups in total. The van der Waals surface area contributed by atoms with Gasteiger partial charge in [-0.1, -0.05) is 221 Å². The van der Waals surface area contributed by atoms with Gasteiger partial charge in [0.15, 0.2) is 6.10 Å². The molecule has 0 spiro atoms. The number of carbonyl (C=O) groups excluding carboxylic acids is 3. The SMILES string of the molecule is CCCCCCCCCCCCC(=O)OC[C@H](COC(=O)CCCCCCCCCCCCCCCCC(C)C)OC(=O)CCCCCCCCC(C)C.